The van der Waals surface area contributed by atoms with Gasteiger partial charge in [-0.25, -0.2) is 0 Å². The molecule has 0 amide bonds. The van der Waals surface area contributed by atoms with Crippen molar-refractivity contribution in [3.05, 3.63) is 11.8 Å². The highest BCUT2D eigenvalue weighted by Crippen LogP contribution is 2.09. The van der Waals surface area contributed by atoms with E-state index in [2.05, 4.69) is 18.0 Å². The monoisotopic (exact) mass is 95.1 g/mol. The number of allylic oxidation sites excluding steroid dienone is 2. The van der Waals surface area contributed by atoms with Crippen LogP contribution in [0.3, 0.4) is 0 Å². The molecule has 0 saturated heterocycles. The lowest BCUT2D eigenvalue weighted by Gasteiger charge is -2.06. The highest BCUT2D eigenvalue weighted by atomic mass is 14.8. The zero-order valence-corrected chi connectivity index (χ0v) is 4.73. The van der Waals surface area contributed by atoms with Gasteiger partial charge in [-0.3, -0.25) is 4.99 Å². The number of hydrogen-bond donors (Lipinski definition) is 0. The summed E-state index contributed by atoms with van der Waals surface area (Å²) >= 11 is 0. The third-order valence-corrected chi connectivity index (χ3v) is 1.06. The minimum atomic E-state index is 1.08. The van der Waals surface area contributed by atoms with Crippen LogP contribution in [0.4, 0.5) is 0 Å². The number of aliphatic imine (C=N–C) groups is 1. The van der Waals surface area contributed by atoms with Crippen LogP contribution < -0.4 is 0 Å². The Labute approximate surface area is 43.8 Å². The van der Waals surface area contributed by atoms with Crippen LogP contribution in [-0.2, 0) is 0 Å². The molecule has 38 valence electrons. The SMILES string of the molecule is CCC1=NC(C)=C1. The lowest BCUT2D eigenvalue weighted by atomic mass is 10.2. The van der Waals surface area contributed by atoms with Crippen LogP contribution in [0, 0.1) is 0 Å². The third kappa shape index (κ3) is 0.710. The Hall–Kier alpha value is -0.590. The number of rotatable bonds is 1. The van der Waals surface area contributed by atoms with Gasteiger partial charge in [0.15, 0.2) is 0 Å². The van der Waals surface area contributed by atoms with Crippen molar-refractivity contribution in [2.24, 2.45) is 4.99 Å². The summed E-state index contributed by atoms with van der Waals surface area (Å²) in [6.45, 7) is 4.13. The van der Waals surface area contributed by atoms with Crippen molar-refractivity contribution < 1.29 is 0 Å². The van der Waals surface area contributed by atoms with E-state index in [0.717, 1.165) is 12.1 Å². The average Bonchev–Trinajstić information content (AvgIpc) is 1.58. The first-order valence-electron chi connectivity index (χ1n) is 2.59. The van der Waals surface area contributed by atoms with Gasteiger partial charge in [0.1, 0.15) is 0 Å². The molecule has 1 aliphatic rings. The van der Waals surface area contributed by atoms with Gasteiger partial charge >= 0.3 is 0 Å². The normalized spacial score (nSPS) is 17.4. The molecule has 0 bridgehead atoms. The van der Waals surface area contributed by atoms with Crippen molar-refractivity contribution in [2.45, 2.75) is 20.3 Å². The van der Waals surface area contributed by atoms with Crippen LogP contribution in [0.15, 0.2) is 16.8 Å². The molecule has 0 N–H and O–H groups in total. The van der Waals surface area contributed by atoms with Crippen molar-refractivity contribution >= 4 is 5.71 Å². The van der Waals surface area contributed by atoms with Crippen LogP contribution in [0.2, 0.25) is 0 Å². The topological polar surface area (TPSA) is 12.4 Å². The standard InChI is InChI=1S/C6H9N/c1-3-6-4-5(2)7-6/h4H,3H2,1-2H3. The molecule has 1 aliphatic heterocycles. The van der Waals surface area contributed by atoms with Crippen molar-refractivity contribution in [1.82, 2.24) is 0 Å². The first-order valence-corrected chi connectivity index (χ1v) is 2.59. The van der Waals surface area contributed by atoms with E-state index in [0.29, 0.717) is 0 Å². The first-order chi connectivity index (χ1) is 3.33. The van der Waals surface area contributed by atoms with Gasteiger partial charge in [-0.05, 0) is 19.4 Å². The fourth-order valence-electron chi connectivity index (χ4n) is 0.647. The summed E-state index contributed by atoms with van der Waals surface area (Å²) in [7, 11) is 0. The predicted molar refractivity (Wildman–Crippen MR) is 31.5 cm³/mol. The second-order valence-electron chi connectivity index (χ2n) is 1.74. The summed E-state index contributed by atoms with van der Waals surface area (Å²) in [5.74, 6) is 0. The Bertz CT molecular complexity index is 131. The molecular weight excluding hydrogens is 86.1 g/mol. The molecule has 1 rings (SSSR count). The van der Waals surface area contributed by atoms with Crippen LogP contribution >= 0.6 is 0 Å². The highest BCUT2D eigenvalue weighted by molar-refractivity contribution is 6.00. The van der Waals surface area contributed by atoms with Gasteiger partial charge in [-0.2, -0.15) is 0 Å². The Morgan fingerprint density at radius 3 is 2.43 bits per heavy atom. The molecule has 0 radical (unpaired) electrons. The summed E-state index contributed by atoms with van der Waals surface area (Å²) in [6.07, 6.45) is 3.19. The number of hydrogen-bond acceptors (Lipinski definition) is 1. The maximum absolute atomic E-state index is 4.12. The molecule has 0 unspecified atom stereocenters. The fraction of sp³-hybridized carbons (Fsp3) is 0.500. The molecule has 0 saturated carbocycles. The van der Waals surface area contributed by atoms with Gasteiger partial charge in [0.2, 0.25) is 0 Å². The van der Waals surface area contributed by atoms with Gasteiger partial charge in [-0.15, -0.1) is 0 Å². The van der Waals surface area contributed by atoms with E-state index in [1.54, 1.807) is 0 Å². The van der Waals surface area contributed by atoms with Crippen molar-refractivity contribution in [3.8, 4) is 0 Å². The fourth-order valence-corrected chi connectivity index (χ4v) is 0.647. The molecule has 0 aromatic heterocycles. The van der Waals surface area contributed by atoms with E-state index in [-0.39, 0.29) is 0 Å². The summed E-state index contributed by atoms with van der Waals surface area (Å²) in [5.41, 5.74) is 2.40. The Morgan fingerprint density at radius 1 is 1.71 bits per heavy atom. The molecule has 0 spiro atoms. The van der Waals surface area contributed by atoms with Crippen molar-refractivity contribution in [3.63, 3.8) is 0 Å². The summed E-state index contributed by atoms with van der Waals surface area (Å²) in [5, 5.41) is 0. The lowest BCUT2D eigenvalue weighted by molar-refractivity contribution is 1.17. The molecule has 1 heterocycles. The van der Waals surface area contributed by atoms with Crippen LogP contribution in [0.25, 0.3) is 0 Å². The van der Waals surface area contributed by atoms with Crippen LogP contribution in [0.5, 0.6) is 0 Å². The first kappa shape index (κ1) is 4.57. The molecule has 1 heteroatoms. The molecule has 1 nitrogen and oxygen atoms in total. The molecule has 0 aliphatic carbocycles. The third-order valence-electron chi connectivity index (χ3n) is 1.06. The van der Waals surface area contributed by atoms with Crippen molar-refractivity contribution in [2.75, 3.05) is 0 Å². The maximum atomic E-state index is 4.12. The molecule has 0 fully saturated rings. The highest BCUT2D eigenvalue weighted by Gasteiger charge is 2.00. The zero-order valence-electron chi connectivity index (χ0n) is 4.73. The molecular formula is C6H9N. The van der Waals surface area contributed by atoms with E-state index in [1.165, 1.54) is 5.71 Å². The lowest BCUT2D eigenvalue weighted by Crippen LogP contribution is -2.00. The van der Waals surface area contributed by atoms with Gasteiger partial charge in [0, 0.05) is 11.4 Å². The summed E-state index contributed by atoms with van der Waals surface area (Å²) < 4.78 is 0. The quantitative estimate of drug-likeness (QED) is 0.470. The van der Waals surface area contributed by atoms with Gasteiger partial charge < -0.3 is 0 Å². The van der Waals surface area contributed by atoms with Crippen molar-refractivity contribution in [1.29, 1.82) is 0 Å². The zero-order chi connectivity index (χ0) is 5.28. The smallest absolute Gasteiger partial charge is 0.0422 e. The van der Waals surface area contributed by atoms with E-state index in [1.807, 2.05) is 6.92 Å². The second-order valence-corrected chi connectivity index (χ2v) is 1.74. The summed E-state index contributed by atoms with van der Waals surface area (Å²) in [6, 6.07) is 0. The minimum Gasteiger partial charge on any atom is -0.258 e. The summed E-state index contributed by atoms with van der Waals surface area (Å²) in [4.78, 5) is 4.12. The van der Waals surface area contributed by atoms with Gasteiger partial charge in [0.25, 0.3) is 0 Å². The second kappa shape index (κ2) is 1.49. The molecule has 0 atom stereocenters. The van der Waals surface area contributed by atoms with Gasteiger partial charge in [0.05, 0.1) is 0 Å². The molecule has 0 aromatic carbocycles. The Kier molecular flexibility index (Phi) is 0.970. The number of nitrogens with zero attached hydrogens (tertiary/aromatic N) is 1. The van der Waals surface area contributed by atoms with E-state index in [4.69, 9.17) is 0 Å². The van der Waals surface area contributed by atoms with E-state index >= 15 is 0 Å². The average molecular weight is 95.1 g/mol. The van der Waals surface area contributed by atoms with Crippen LogP contribution in [-0.4, -0.2) is 5.71 Å². The van der Waals surface area contributed by atoms with E-state index < -0.39 is 0 Å². The molecule has 7 heavy (non-hydrogen) atoms. The Balaban J connectivity index is 2.41. The predicted octanol–water partition coefficient (Wildman–Crippen LogP) is 1.75. The van der Waals surface area contributed by atoms with Gasteiger partial charge in [-0.1, -0.05) is 6.92 Å². The van der Waals surface area contributed by atoms with E-state index in [9.17, 15) is 0 Å². The molecule has 0 aromatic rings. The minimum absolute atomic E-state index is 1.08. The largest absolute Gasteiger partial charge is 0.258 e. The maximum Gasteiger partial charge on any atom is 0.0422 e. The Morgan fingerprint density at radius 2 is 2.29 bits per heavy atom. The van der Waals surface area contributed by atoms with Crippen LogP contribution in [0.1, 0.15) is 20.3 Å².